The topological polar surface area (TPSA) is 20.2 Å². The van der Waals surface area contributed by atoms with Crippen molar-refractivity contribution in [2.75, 3.05) is 26.7 Å². The van der Waals surface area contributed by atoms with Crippen LogP contribution in [0.1, 0.15) is 30.5 Å². The molecule has 3 nitrogen and oxygen atoms in total. The molecule has 3 rings (SSSR count). The molecule has 94 valence electrons. The molecule has 1 aromatic rings. The van der Waals surface area contributed by atoms with Gasteiger partial charge in [0.1, 0.15) is 0 Å². The van der Waals surface area contributed by atoms with E-state index in [-0.39, 0.29) is 0 Å². The molecule has 1 N–H and O–H groups in total. The highest BCUT2D eigenvalue weighted by atomic mass is 15.1. The van der Waals surface area contributed by atoms with Crippen LogP contribution in [-0.4, -0.2) is 36.1 Å². The number of nitrogens with zero attached hydrogens (tertiary/aromatic N) is 2. The summed E-state index contributed by atoms with van der Waals surface area (Å²) in [5.74, 6) is 0. The number of hydrogen-bond donors (Lipinski definition) is 1. The second-order valence-corrected chi connectivity index (χ2v) is 5.84. The van der Waals surface area contributed by atoms with E-state index in [1.54, 1.807) is 5.69 Å². The lowest BCUT2D eigenvalue weighted by molar-refractivity contribution is 0.295. The van der Waals surface area contributed by atoms with Crippen LogP contribution in [0.15, 0.2) is 12.3 Å². The molecule has 0 saturated carbocycles. The van der Waals surface area contributed by atoms with Crippen molar-refractivity contribution in [2.24, 2.45) is 7.05 Å². The molecule has 17 heavy (non-hydrogen) atoms. The van der Waals surface area contributed by atoms with Gasteiger partial charge in [0.25, 0.3) is 0 Å². The van der Waals surface area contributed by atoms with Gasteiger partial charge in [-0.25, -0.2) is 0 Å². The van der Waals surface area contributed by atoms with Gasteiger partial charge in [-0.3, -0.25) is 0 Å². The highest BCUT2D eigenvalue weighted by molar-refractivity contribution is 5.33. The Morgan fingerprint density at radius 1 is 1.24 bits per heavy atom. The lowest BCUT2D eigenvalue weighted by Crippen LogP contribution is -2.44. The van der Waals surface area contributed by atoms with E-state index in [0.29, 0.717) is 5.41 Å². The summed E-state index contributed by atoms with van der Waals surface area (Å²) in [6.45, 7) is 4.69. The van der Waals surface area contributed by atoms with Crippen molar-refractivity contribution in [3.05, 3.63) is 23.5 Å². The molecule has 1 saturated heterocycles. The molecule has 1 fully saturated rings. The Bertz CT molecular complexity index is 410. The Kier molecular flexibility index (Phi) is 2.75. The Morgan fingerprint density at radius 2 is 2.12 bits per heavy atom. The maximum atomic E-state index is 3.63. The number of rotatable bonds is 0. The molecule has 0 radical (unpaired) electrons. The molecule has 0 amide bonds. The Hall–Kier alpha value is -0.800. The predicted molar refractivity (Wildman–Crippen MR) is 70.1 cm³/mol. The molecule has 0 bridgehead atoms. The second kappa shape index (κ2) is 4.14. The van der Waals surface area contributed by atoms with E-state index in [1.165, 1.54) is 37.9 Å². The first-order valence-electron chi connectivity index (χ1n) is 6.75. The first kappa shape index (κ1) is 11.3. The van der Waals surface area contributed by atoms with Gasteiger partial charge in [-0.1, -0.05) is 0 Å². The van der Waals surface area contributed by atoms with Crippen LogP contribution in [0, 0.1) is 0 Å². The van der Waals surface area contributed by atoms with Gasteiger partial charge < -0.3 is 14.8 Å². The summed E-state index contributed by atoms with van der Waals surface area (Å²) in [5, 5.41) is 3.63. The van der Waals surface area contributed by atoms with Crippen molar-refractivity contribution in [3.63, 3.8) is 0 Å². The van der Waals surface area contributed by atoms with Crippen molar-refractivity contribution < 1.29 is 0 Å². The van der Waals surface area contributed by atoms with Gasteiger partial charge in [-0.2, -0.15) is 0 Å². The third-order valence-electron chi connectivity index (χ3n) is 4.60. The number of likely N-dealkylation sites (tertiary alicyclic amines) is 1. The summed E-state index contributed by atoms with van der Waals surface area (Å²) in [6, 6.07) is 2.29. The molecule has 0 aliphatic carbocycles. The summed E-state index contributed by atoms with van der Waals surface area (Å²) < 4.78 is 2.36. The molecule has 1 aromatic heterocycles. The maximum Gasteiger partial charge on any atom is 0.0292 e. The third kappa shape index (κ3) is 1.81. The molecule has 3 heteroatoms. The maximum absolute atomic E-state index is 3.63. The SMILES string of the molecule is CN1CCCC2(CC1)CNCc1ccn(C)c12. The highest BCUT2D eigenvalue weighted by Gasteiger charge is 2.39. The normalized spacial score (nSPS) is 30.2. The minimum absolute atomic E-state index is 0.386. The standard InChI is InChI=1S/C14H23N3/c1-16-7-3-5-14(6-9-16)11-15-10-12-4-8-17(2)13(12)14/h4,8,15H,3,5-7,9-11H2,1-2H3. The van der Waals surface area contributed by atoms with E-state index in [4.69, 9.17) is 0 Å². The first-order valence-corrected chi connectivity index (χ1v) is 6.75. The summed E-state index contributed by atoms with van der Waals surface area (Å²) >= 11 is 0. The predicted octanol–water partition coefficient (Wildman–Crippen LogP) is 1.48. The fraction of sp³-hybridized carbons (Fsp3) is 0.714. The van der Waals surface area contributed by atoms with E-state index in [9.17, 15) is 0 Å². The molecule has 0 aromatic carbocycles. The number of hydrogen-bond acceptors (Lipinski definition) is 2. The zero-order valence-corrected chi connectivity index (χ0v) is 11.0. The van der Waals surface area contributed by atoms with Gasteiger partial charge in [0.15, 0.2) is 0 Å². The van der Waals surface area contributed by atoms with E-state index in [2.05, 4.69) is 41.1 Å². The van der Waals surface area contributed by atoms with Gasteiger partial charge in [0.05, 0.1) is 0 Å². The molecular weight excluding hydrogens is 210 g/mol. The van der Waals surface area contributed by atoms with Crippen molar-refractivity contribution in [2.45, 2.75) is 31.2 Å². The molecule has 1 spiro atoms. The smallest absolute Gasteiger partial charge is 0.0292 e. The van der Waals surface area contributed by atoms with Gasteiger partial charge in [0.2, 0.25) is 0 Å². The van der Waals surface area contributed by atoms with Gasteiger partial charge in [0, 0.05) is 37.4 Å². The average Bonchev–Trinajstić information content (AvgIpc) is 2.61. The third-order valence-corrected chi connectivity index (χ3v) is 4.60. The molecule has 3 heterocycles. The molecule has 2 aliphatic heterocycles. The minimum Gasteiger partial charge on any atom is -0.354 e. The monoisotopic (exact) mass is 233 g/mol. The summed E-state index contributed by atoms with van der Waals surface area (Å²) in [5.41, 5.74) is 3.51. The quantitative estimate of drug-likeness (QED) is 0.732. The van der Waals surface area contributed by atoms with Gasteiger partial charge in [-0.15, -0.1) is 0 Å². The number of fused-ring (bicyclic) bond motifs is 2. The van der Waals surface area contributed by atoms with Crippen molar-refractivity contribution >= 4 is 0 Å². The molecule has 1 unspecified atom stereocenters. The van der Waals surface area contributed by atoms with Crippen LogP contribution in [0.5, 0.6) is 0 Å². The van der Waals surface area contributed by atoms with Crippen LogP contribution in [-0.2, 0) is 19.0 Å². The first-order chi connectivity index (χ1) is 8.21. The Morgan fingerprint density at radius 3 is 3.00 bits per heavy atom. The van der Waals surface area contributed by atoms with Crippen LogP contribution >= 0.6 is 0 Å². The van der Waals surface area contributed by atoms with E-state index >= 15 is 0 Å². The number of nitrogens with one attached hydrogen (secondary N) is 1. The van der Waals surface area contributed by atoms with Crippen LogP contribution in [0.4, 0.5) is 0 Å². The zero-order chi connectivity index (χ0) is 11.9. The van der Waals surface area contributed by atoms with Crippen molar-refractivity contribution in [3.8, 4) is 0 Å². The van der Waals surface area contributed by atoms with E-state index < -0.39 is 0 Å². The minimum atomic E-state index is 0.386. The van der Waals surface area contributed by atoms with Crippen LogP contribution in [0.25, 0.3) is 0 Å². The summed E-state index contributed by atoms with van der Waals surface area (Å²) in [6.07, 6.45) is 6.17. The van der Waals surface area contributed by atoms with Crippen LogP contribution in [0.3, 0.4) is 0 Å². The average molecular weight is 233 g/mol. The fourth-order valence-corrected chi connectivity index (χ4v) is 3.70. The lowest BCUT2D eigenvalue weighted by Gasteiger charge is -2.38. The number of aromatic nitrogens is 1. The van der Waals surface area contributed by atoms with E-state index in [1.807, 2.05) is 0 Å². The van der Waals surface area contributed by atoms with Crippen LogP contribution < -0.4 is 5.32 Å². The summed E-state index contributed by atoms with van der Waals surface area (Å²) in [4.78, 5) is 2.48. The highest BCUT2D eigenvalue weighted by Crippen LogP contribution is 2.39. The zero-order valence-electron chi connectivity index (χ0n) is 11.0. The van der Waals surface area contributed by atoms with Crippen molar-refractivity contribution in [1.82, 2.24) is 14.8 Å². The molecule has 1 atom stereocenters. The largest absolute Gasteiger partial charge is 0.354 e. The van der Waals surface area contributed by atoms with Gasteiger partial charge >= 0.3 is 0 Å². The summed E-state index contributed by atoms with van der Waals surface area (Å²) in [7, 11) is 4.46. The van der Waals surface area contributed by atoms with E-state index in [0.717, 1.165) is 13.1 Å². The van der Waals surface area contributed by atoms with Crippen molar-refractivity contribution in [1.29, 1.82) is 0 Å². The Labute approximate surface area is 104 Å². The fourth-order valence-electron chi connectivity index (χ4n) is 3.70. The lowest BCUT2D eigenvalue weighted by atomic mass is 9.74. The van der Waals surface area contributed by atoms with Crippen LogP contribution in [0.2, 0.25) is 0 Å². The second-order valence-electron chi connectivity index (χ2n) is 5.84. The number of aryl methyl sites for hydroxylation is 1. The Balaban J connectivity index is 1.99. The van der Waals surface area contributed by atoms with Gasteiger partial charge in [-0.05, 0) is 51.0 Å². The molecular formula is C14H23N3. The molecule has 2 aliphatic rings.